The first kappa shape index (κ1) is 11.4. The first-order valence-electron chi connectivity index (χ1n) is 4.93. The summed E-state index contributed by atoms with van der Waals surface area (Å²) in [4.78, 5) is 11.6. The predicted molar refractivity (Wildman–Crippen MR) is 48.3 cm³/mol. The van der Waals surface area contributed by atoms with Crippen molar-refractivity contribution in [2.45, 2.75) is 38.1 Å². The van der Waals surface area contributed by atoms with Crippen LogP contribution in [0.25, 0.3) is 0 Å². The van der Waals surface area contributed by atoms with Gasteiger partial charge in [-0.1, -0.05) is 0 Å². The summed E-state index contributed by atoms with van der Waals surface area (Å²) in [7, 11) is 0. The van der Waals surface area contributed by atoms with Crippen LogP contribution >= 0.6 is 0 Å². The lowest BCUT2D eigenvalue weighted by Crippen LogP contribution is -2.57. The molecule has 0 bridgehead atoms. The predicted octanol–water partition coefficient (Wildman–Crippen LogP) is 1.26. The highest BCUT2D eigenvalue weighted by Crippen LogP contribution is 2.43. The molecule has 4 nitrogen and oxygen atoms in total. The molecule has 1 amide bonds. The molecule has 1 atom stereocenters. The van der Waals surface area contributed by atoms with Crippen molar-refractivity contribution >= 4 is 11.6 Å². The van der Waals surface area contributed by atoms with Crippen molar-refractivity contribution in [3.63, 3.8) is 0 Å². The quantitative estimate of drug-likeness (QED) is 0.745. The molecule has 0 aromatic carbocycles. The fraction of sp³-hybridized carbons (Fsp3) is 0.778. The highest BCUT2D eigenvalue weighted by Gasteiger charge is 2.63. The van der Waals surface area contributed by atoms with Crippen LogP contribution in [0.5, 0.6) is 0 Å². The number of hydrazone groups is 1. The van der Waals surface area contributed by atoms with E-state index in [0.717, 1.165) is 0 Å². The van der Waals surface area contributed by atoms with Crippen molar-refractivity contribution in [2.24, 2.45) is 11.0 Å². The number of carbonyl (C=O) groups is 1. The number of alkyl halides is 3. The van der Waals surface area contributed by atoms with Gasteiger partial charge in [0.05, 0.1) is 0 Å². The summed E-state index contributed by atoms with van der Waals surface area (Å²) in [5, 5.41) is 13.3. The monoisotopic (exact) mass is 236 g/mol. The Morgan fingerprint density at radius 2 is 2.12 bits per heavy atom. The van der Waals surface area contributed by atoms with E-state index in [2.05, 4.69) is 5.10 Å². The Morgan fingerprint density at radius 3 is 2.56 bits per heavy atom. The van der Waals surface area contributed by atoms with Gasteiger partial charge in [0.2, 0.25) is 5.91 Å². The average Bonchev–Trinajstić information content (AvgIpc) is 2.90. The van der Waals surface area contributed by atoms with Crippen LogP contribution in [-0.2, 0) is 4.79 Å². The van der Waals surface area contributed by atoms with E-state index in [0.29, 0.717) is 12.8 Å². The smallest absolute Gasteiger partial charge is 0.362 e. The Balaban J connectivity index is 2.29. The van der Waals surface area contributed by atoms with E-state index in [1.165, 1.54) is 6.92 Å². The molecular weight excluding hydrogens is 225 g/mol. The van der Waals surface area contributed by atoms with Crippen molar-refractivity contribution in [2.75, 3.05) is 0 Å². The Morgan fingerprint density at radius 1 is 1.56 bits per heavy atom. The summed E-state index contributed by atoms with van der Waals surface area (Å²) >= 11 is 0. The Kier molecular flexibility index (Phi) is 2.27. The molecule has 1 heterocycles. The SMILES string of the molecule is CC1=NN(C(=O)C2CC2)[C@@](O)(C(F)(F)F)C1. The maximum absolute atomic E-state index is 12.7. The van der Waals surface area contributed by atoms with Gasteiger partial charge in [-0.3, -0.25) is 4.79 Å². The van der Waals surface area contributed by atoms with Crippen molar-refractivity contribution in [3.8, 4) is 0 Å². The summed E-state index contributed by atoms with van der Waals surface area (Å²) in [5.74, 6) is -1.15. The van der Waals surface area contributed by atoms with Crippen LogP contribution in [0, 0.1) is 5.92 Å². The number of amides is 1. The van der Waals surface area contributed by atoms with Gasteiger partial charge in [0.25, 0.3) is 5.72 Å². The molecule has 1 fully saturated rings. The van der Waals surface area contributed by atoms with Crippen LogP contribution < -0.4 is 0 Å². The second-order valence-electron chi connectivity index (χ2n) is 4.25. The summed E-state index contributed by atoms with van der Waals surface area (Å²) < 4.78 is 38.1. The van der Waals surface area contributed by atoms with Gasteiger partial charge in [-0.2, -0.15) is 23.3 Å². The minimum absolute atomic E-state index is 0.105. The molecule has 0 aromatic rings. The molecular formula is C9H11F3N2O2. The largest absolute Gasteiger partial charge is 0.438 e. The molecule has 0 radical (unpaired) electrons. The van der Waals surface area contributed by atoms with E-state index in [9.17, 15) is 23.1 Å². The fourth-order valence-electron chi connectivity index (χ4n) is 1.68. The van der Waals surface area contributed by atoms with Crippen LogP contribution in [0.15, 0.2) is 5.10 Å². The molecule has 1 aliphatic heterocycles. The van der Waals surface area contributed by atoms with Gasteiger partial charge in [-0.05, 0) is 19.8 Å². The van der Waals surface area contributed by atoms with E-state index in [1.54, 1.807) is 0 Å². The maximum Gasteiger partial charge on any atom is 0.438 e. The van der Waals surface area contributed by atoms with E-state index in [-0.39, 0.29) is 10.7 Å². The van der Waals surface area contributed by atoms with Crippen molar-refractivity contribution < 1.29 is 23.1 Å². The zero-order valence-electron chi connectivity index (χ0n) is 8.58. The molecule has 0 unspecified atom stereocenters. The molecule has 1 saturated carbocycles. The van der Waals surface area contributed by atoms with Crippen molar-refractivity contribution in [1.29, 1.82) is 0 Å². The molecule has 0 spiro atoms. The Bertz CT molecular complexity index is 362. The van der Waals surface area contributed by atoms with Crippen LogP contribution in [-0.4, -0.2) is 33.6 Å². The molecule has 16 heavy (non-hydrogen) atoms. The first-order chi connectivity index (χ1) is 7.25. The minimum Gasteiger partial charge on any atom is -0.362 e. The van der Waals surface area contributed by atoms with Gasteiger partial charge in [0, 0.05) is 18.1 Å². The Labute approximate surface area is 89.7 Å². The van der Waals surface area contributed by atoms with E-state index in [1.807, 2.05) is 0 Å². The number of aliphatic hydroxyl groups is 1. The zero-order valence-corrected chi connectivity index (χ0v) is 8.58. The second kappa shape index (κ2) is 3.19. The van der Waals surface area contributed by atoms with Gasteiger partial charge >= 0.3 is 6.18 Å². The standard InChI is InChI=1S/C9H11F3N2O2/c1-5-4-8(16,9(10,11)12)14(13-5)7(15)6-2-3-6/h6,16H,2-4H2,1H3/t8-/m0/s1. The normalized spacial score (nSPS) is 30.6. The molecule has 0 aromatic heterocycles. The van der Waals surface area contributed by atoms with Crippen LogP contribution in [0.1, 0.15) is 26.2 Å². The van der Waals surface area contributed by atoms with Gasteiger partial charge in [-0.15, -0.1) is 0 Å². The molecule has 90 valence electrons. The zero-order chi connectivity index (χ0) is 12.1. The number of hydrogen-bond donors (Lipinski definition) is 1. The van der Waals surface area contributed by atoms with Gasteiger partial charge in [-0.25, -0.2) is 0 Å². The van der Waals surface area contributed by atoms with Gasteiger partial charge < -0.3 is 5.11 Å². The van der Waals surface area contributed by atoms with E-state index >= 15 is 0 Å². The van der Waals surface area contributed by atoms with Gasteiger partial charge in [0.1, 0.15) is 0 Å². The third-order valence-electron chi connectivity index (χ3n) is 2.71. The maximum atomic E-state index is 12.7. The molecule has 1 N–H and O–H groups in total. The summed E-state index contributed by atoms with van der Waals surface area (Å²) in [6.07, 6.45) is -4.43. The summed E-state index contributed by atoms with van der Waals surface area (Å²) in [5.41, 5.74) is -3.05. The lowest BCUT2D eigenvalue weighted by molar-refractivity contribution is -0.302. The van der Waals surface area contributed by atoms with E-state index < -0.39 is 30.1 Å². The van der Waals surface area contributed by atoms with Crippen molar-refractivity contribution in [1.82, 2.24) is 5.01 Å². The first-order valence-corrected chi connectivity index (χ1v) is 4.93. The fourth-order valence-corrected chi connectivity index (χ4v) is 1.68. The number of nitrogens with zero attached hydrogens (tertiary/aromatic N) is 2. The molecule has 0 saturated heterocycles. The molecule has 2 rings (SSSR count). The third kappa shape index (κ3) is 1.59. The topological polar surface area (TPSA) is 52.9 Å². The average molecular weight is 236 g/mol. The third-order valence-corrected chi connectivity index (χ3v) is 2.71. The van der Waals surface area contributed by atoms with E-state index in [4.69, 9.17) is 0 Å². The van der Waals surface area contributed by atoms with Gasteiger partial charge in [0.15, 0.2) is 0 Å². The molecule has 2 aliphatic rings. The van der Waals surface area contributed by atoms with Crippen LogP contribution in [0.2, 0.25) is 0 Å². The second-order valence-corrected chi connectivity index (χ2v) is 4.25. The van der Waals surface area contributed by atoms with Crippen LogP contribution in [0.4, 0.5) is 13.2 Å². The minimum atomic E-state index is -4.89. The number of rotatable bonds is 1. The number of halogens is 3. The van der Waals surface area contributed by atoms with Crippen LogP contribution in [0.3, 0.4) is 0 Å². The lowest BCUT2D eigenvalue weighted by atomic mass is 10.1. The Hall–Kier alpha value is -1.11. The molecule has 7 heteroatoms. The highest BCUT2D eigenvalue weighted by atomic mass is 19.4. The molecule has 1 aliphatic carbocycles. The summed E-state index contributed by atoms with van der Waals surface area (Å²) in [6, 6.07) is 0. The number of hydrogen-bond acceptors (Lipinski definition) is 3. The van der Waals surface area contributed by atoms with Crippen molar-refractivity contribution in [3.05, 3.63) is 0 Å². The lowest BCUT2D eigenvalue weighted by Gasteiger charge is -2.32. The number of carbonyl (C=O) groups excluding carboxylic acids is 1. The summed E-state index contributed by atoms with van der Waals surface area (Å²) in [6.45, 7) is 1.36. The highest BCUT2D eigenvalue weighted by molar-refractivity contribution is 5.90.